The molecule has 4 aromatic rings. The summed E-state index contributed by atoms with van der Waals surface area (Å²) >= 11 is 15.5. The highest BCUT2D eigenvalue weighted by Gasteiger charge is 2.21. The number of hydrogen-bond donors (Lipinski definition) is 1. The molecule has 24 heavy (non-hydrogen) atoms. The molecule has 0 unspecified atom stereocenters. The molecule has 0 aliphatic carbocycles. The average Bonchev–Trinajstić information content (AvgIpc) is 3.25. The molecule has 0 aliphatic rings. The van der Waals surface area contributed by atoms with Crippen molar-refractivity contribution in [2.24, 2.45) is 0 Å². The third-order valence-corrected chi connectivity index (χ3v) is 6.12. The van der Waals surface area contributed by atoms with E-state index in [1.807, 2.05) is 31.2 Å². The lowest BCUT2D eigenvalue weighted by Crippen LogP contribution is -1.83. The van der Waals surface area contributed by atoms with Crippen molar-refractivity contribution in [1.29, 1.82) is 0 Å². The Bertz CT molecular complexity index is 948. The molecular weight excluding hydrogens is 383 g/mol. The standard InChI is InChI=1S/C17H12Cl2N2OS2/c1-8-10(6-13(18)23-8)15-16(11-7-14(19)24-9(11)2)21-17(20-15)12-4-3-5-22-12/h3-7H,1-2H3,(H,20,21). The number of imidazole rings is 1. The SMILES string of the molecule is Cc1sc(Cl)cc1-c1nc(-c2ccco2)[nH]c1-c1cc(Cl)sc1C. The molecule has 0 atom stereocenters. The van der Waals surface area contributed by atoms with Gasteiger partial charge >= 0.3 is 0 Å². The van der Waals surface area contributed by atoms with Crippen molar-refractivity contribution in [1.82, 2.24) is 9.97 Å². The molecule has 1 N–H and O–H groups in total. The van der Waals surface area contributed by atoms with Gasteiger partial charge in [0, 0.05) is 20.9 Å². The largest absolute Gasteiger partial charge is 0.461 e. The molecule has 0 aliphatic heterocycles. The first kappa shape index (κ1) is 16.0. The molecule has 0 fully saturated rings. The van der Waals surface area contributed by atoms with Crippen molar-refractivity contribution in [3.05, 3.63) is 49.0 Å². The predicted molar refractivity (Wildman–Crippen MR) is 102 cm³/mol. The fourth-order valence-electron chi connectivity index (χ4n) is 2.67. The van der Waals surface area contributed by atoms with Crippen molar-refractivity contribution in [2.75, 3.05) is 0 Å². The highest BCUT2D eigenvalue weighted by molar-refractivity contribution is 7.17. The lowest BCUT2D eigenvalue weighted by molar-refractivity contribution is 0.578. The molecule has 0 radical (unpaired) electrons. The van der Waals surface area contributed by atoms with E-state index in [1.54, 1.807) is 28.9 Å². The maximum atomic E-state index is 6.20. The predicted octanol–water partition coefficient (Wildman–Crippen LogP) is 7.05. The van der Waals surface area contributed by atoms with Gasteiger partial charge < -0.3 is 9.40 Å². The van der Waals surface area contributed by atoms with Gasteiger partial charge in [-0.1, -0.05) is 23.2 Å². The van der Waals surface area contributed by atoms with Gasteiger partial charge in [-0.05, 0) is 38.1 Å². The van der Waals surface area contributed by atoms with Crippen LogP contribution in [0.1, 0.15) is 9.75 Å². The van der Waals surface area contributed by atoms with E-state index in [9.17, 15) is 0 Å². The molecule has 7 heteroatoms. The van der Waals surface area contributed by atoms with Crippen molar-refractivity contribution >= 4 is 45.9 Å². The maximum absolute atomic E-state index is 6.20. The Balaban J connectivity index is 1.97. The van der Waals surface area contributed by atoms with Crippen LogP contribution in [0.2, 0.25) is 8.67 Å². The van der Waals surface area contributed by atoms with E-state index in [-0.39, 0.29) is 0 Å². The number of rotatable bonds is 3. The molecule has 4 aromatic heterocycles. The number of nitrogens with zero attached hydrogens (tertiary/aromatic N) is 1. The second-order valence-corrected chi connectivity index (χ2v) is 9.10. The number of nitrogens with one attached hydrogen (secondary N) is 1. The van der Waals surface area contributed by atoms with Gasteiger partial charge in [0.2, 0.25) is 0 Å². The van der Waals surface area contributed by atoms with Gasteiger partial charge in [-0.15, -0.1) is 22.7 Å². The van der Waals surface area contributed by atoms with E-state index in [4.69, 9.17) is 32.6 Å². The van der Waals surface area contributed by atoms with Crippen LogP contribution in [0.5, 0.6) is 0 Å². The van der Waals surface area contributed by atoms with Gasteiger partial charge in [0.15, 0.2) is 11.6 Å². The molecule has 0 amide bonds. The Kier molecular flexibility index (Phi) is 4.04. The lowest BCUT2D eigenvalue weighted by atomic mass is 10.1. The van der Waals surface area contributed by atoms with Crippen LogP contribution in [0.3, 0.4) is 0 Å². The first-order valence-corrected chi connectivity index (χ1v) is 9.58. The Labute approximate surface area is 156 Å². The molecule has 0 bridgehead atoms. The zero-order chi connectivity index (χ0) is 16.8. The molecule has 0 saturated heterocycles. The quantitative estimate of drug-likeness (QED) is 0.404. The third kappa shape index (κ3) is 2.71. The second kappa shape index (κ2) is 6.08. The fourth-order valence-corrected chi connectivity index (χ4v) is 5.06. The van der Waals surface area contributed by atoms with Gasteiger partial charge in [0.05, 0.1) is 26.3 Å². The monoisotopic (exact) mass is 394 g/mol. The number of H-pyrrole nitrogens is 1. The highest BCUT2D eigenvalue weighted by atomic mass is 35.5. The Morgan fingerprint density at radius 3 is 2.25 bits per heavy atom. The third-order valence-electron chi connectivity index (χ3n) is 3.76. The fraction of sp³-hybridized carbons (Fsp3) is 0.118. The lowest BCUT2D eigenvalue weighted by Gasteiger charge is -2.01. The number of halogens is 2. The molecular formula is C17H12Cl2N2OS2. The first-order valence-electron chi connectivity index (χ1n) is 7.19. The number of aromatic amines is 1. The van der Waals surface area contributed by atoms with E-state index in [0.29, 0.717) is 11.6 Å². The number of aryl methyl sites for hydroxylation is 2. The van der Waals surface area contributed by atoms with Gasteiger partial charge in [0.1, 0.15) is 0 Å². The average molecular weight is 395 g/mol. The smallest absolute Gasteiger partial charge is 0.174 e. The zero-order valence-electron chi connectivity index (χ0n) is 12.8. The summed E-state index contributed by atoms with van der Waals surface area (Å²) in [4.78, 5) is 10.4. The minimum atomic E-state index is 0.688. The minimum Gasteiger partial charge on any atom is -0.461 e. The summed E-state index contributed by atoms with van der Waals surface area (Å²) in [6, 6.07) is 7.65. The van der Waals surface area contributed by atoms with Crippen LogP contribution in [0.25, 0.3) is 34.1 Å². The maximum Gasteiger partial charge on any atom is 0.174 e. The zero-order valence-corrected chi connectivity index (χ0v) is 16.0. The Morgan fingerprint density at radius 1 is 1.04 bits per heavy atom. The van der Waals surface area contributed by atoms with Crippen LogP contribution in [0.4, 0.5) is 0 Å². The van der Waals surface area contributed by atoms with Crippen LogP contribution < -0.4 is 0 Å². The number of hydrogen-bond acceptors (Lipinski definition) is 4. The minimum absolute atomic E-state index is 0.688. The van der Waals surface area contributed by atoms with Crippen LogP contribution in [-0.2, 0) is 0 Å². The van der Waals surface area contributed by atoms with Gasteiger partial charge in [0.25, 0.3) is 0 Å². The van der Waals surface area contributed by atoms with E-state index < -0.39 is 0 Å². The van der Waals surface area contributed by atoms with Crippen LogP contribution >= 0.6 is 45.9 Å². The van der Waals surface area contributed by atoms with Gasteiger partial charge in [-0.3, -0.25) is 0 Å². The van der Waals surface area contributed by atoms with E-state index in [1.165, 1.54) is 0 Å². The molecule has 3 nitrogen and oxygen atoms in total. The van der Waals surface area contributed by atoms with E-state index in [2.05, 4.69) is 11.9 Å². The summed E-state index contributed by atoms with van der Waals surface area (Å²) in [7, 11) is 0. The molecule has 4 rings (SSSR count). The topological polar surface area (TPSA) is 41.8 Å². The Hall–Kier alpha value is -1.53. The summed E-state index contributed by atoms with van der Waals surface area (Å²) in [6.07, 6.45) is 1.64. The molecule has 4 heterocycles. The van der Waals surface area contributed by atoms with Gasteiger partial charge in [-0.25, -0.2) is 4.98 Å². The Morgan fingerprint density at radius 2 is 1.71 bits per heavy atom. The summed E-state index contributed by atoms with van der Waals surface area (Å²) in [5.41, 5.74) is 3.86. The summed E-state index contributed by atoms with van der Waals surface area (Å²) in [5, 5.41) is 0. The van der Waals surface area contributed by atoms with Crippen LogP contribution in [-0.4, -0.2) is 9.97 Å². The van der Waals surface area contributed by atoms with Crippen molar-refractivity contribution < 1.29 is 4.42 Å². The van der Waals surface area contributed by atoms with Gasteiger partial charge in [-0.2, -0.15) is 0 Å². The van der Waals surface area contributed by atoms with Crippen molar-refractivity contribution in [3.63, 3.8) is 0 Å². The normalized spacial score (nSPS) is 11.3. The van der Waals surface area contributed by atoms with Crippen LogP contribution in [0.15, 0.2) is 34.9 Å². The number of furan rings is 1. The number of aromatic nitrogens is 2. The van der Waals surface area contributed by atoms with E-state index in [0.717, 1.165) is 40.9 Å². The van der Waals surface area contributed by atoms with Crippen molar-refractivity contribution in [3.8, 4) is 34.1 Å². The number of thiophene rings is 2. The highest BCUT2D eigenvalue weighted by Crippen LogP contribution is 2.42. The van der Waals surface area contributed by atoms with Crippen LogP contribution in [0, 0.1) is 13.8 Å². The molecule has 122 valence electrons. The first-order chi connectivity index (χ1) is 11.5. The van der Waals surface area contributed by atoms with Crippen molar-refractivity contribution in [2.45, 2.75) is 13.8 Å². The van der Waals surface area contributed by atoms with E-state index >= 15 is 0 Å². The summed E-state index contributed by atoms with van der Waals surface area (Å²) in [6.45, 7) is 4.10. The molecule has 0 spiro atoms. The second-order valence-electron chi connectivity index (χ2n) is 5.33. The molecule has 0 aromatic carbocycles. The summed E-state index contributed by atoms with van der Waals surface area (Å²) < 4.78 is 6.99. The molecule has 0 saturated carbocycles. The summed E-state index contributed by atoms with van der Waals surface area (Å²) in [5.74, 6) is 1.38.